The molecule has 3 aromatic heterocycles. The Balaban J connectivity index is 0.00000368. The molecule has 3 aromatic carbocycles. The Labute approximate surface area is 258 Å². The van der Waals surface area contributed by atoms with E-state index in [0.717, 1.165) is 56.5 Å². The van der Waals surface area contributed by atoms with E-state index in [9.17, 15) is 0 Å². The van der Waals surface area contributed by atoms with Gasteiger partial charge in [0.25, 0.3) is 0 Å². The van der Waals surface area contributed by atoms with Crippen molar-refractivity contribution in [2.24, 2.45) is 0 Å². The van der Waals surface area contributed by atoms with Gasteiger partial charge < -0.3 is 0 Å². The van der Waals surface area contributed by atoms with Crippen LogP contribution in [-0.4, -0.2) is 19.1 Å². The van der Waals surface area contributed by atoms with Crippen molar-refractivity contribution < 1.29 is 1.43 Å². The van der Waals surface area contributed by atoms with Crippen molar-refractivity contribution in [2.75, 3.05) is 0 Å². The summed E-state index contributed by atoms with van der Waals surface area (Å²) in [6, 6.07) is 45.9. The van der Waals surface area contributed by atoms with Gasteiger partial charge in [0.1, 0.15) is 0 Å². The van der Waals surface area contributed by atoms with Crippen LogP contribution >= 0.6 is 24.0 Å². The molecule has 0 bridgehead atoms. The summed E-state index contributed by atoms with van der Waals surface area (Å²) < 4.78 is 0.935. The van der Waals surface area contributed by atoms with Crippen molar-refractivity contribution in [3.8, 4) is 33.9 Å². The molecule has 0 saturated carbocycles. The monoisotopic (exact) mass is 581 g/mol. The first-order chi connectivity index (χ1) is 20.7. The van der Waals surface area contributed by atoms with Crippen molar-refractivity contribution >= 4 is 28.2 Å². The topological polar surface area (TPSA) is 38.7 Å². The Morgan fingerprint density at radius 3 is 1.76 bits per heavy atom. The van der Waals surface area contributed by atoms with Gasteiger partial charge in [-0.05, 0) is 77.1 Å². The molecule has 0 aliphatic carbocycles. The number of aryl methyl sites for hydroxylation is 1. The second kappa shape index (κ2) is 13.5. The molecule has 5 heteroatoms. The van der Waals surface area contributed by atoms with Crippen LogP contribution in [0.1, 0.15) is 29.8 Å². The molecule has 0 spiro atoms. The lowest BCUT2D eigenvalue weighted by molar-refractivity contribution is 0.805. The predicted octanol–water partition coefficient (Wildman–Crippen LogP) is 9.90. The van der Waals surface area contributed by atoms with Crippen LogP contribution < -0.4 is 0 Å². The van der Waals surface area contributed by atoms with E-state index >= 15 is 0 Å². The third-order valence-corrected chi connectivity index (χ3v) is 8.86. The first-order valence-electron chi connectivity index (χ1n) is 14.0. The number of hydrogen-bond donors (Lipinski definition) is 0. The summed E-state index contributed by atoms with van der Waals surface area (Å²) in [4.78, 5) is 14.0. The number of aromatic nitrogens is 3. The van der Waals surface area contributed by atoms with Gasteiger partial charge in [0.2, 0.25) is 0 Å². The first-order valence-corrected chi connectivity index (χ1v) is 15.3. The van der Waals surface area contributed by atoms with E-state index < -0.39 is 0 Å². The van der Waals surface area contributed by atoms with Gasteiger partial charge in [-0.3, -0.25) is 9.97 Å². The number of pyridine rings is 3. The minimum Gasteiger partial charge on any atom is -0.255 e. The fraction of sp³-hybridized carbons (Fsp3) is 0.0811. The van der Waals surface area contributed by atoms with Crippen LogP contribution in [0, 0.1) is 0 Å². The van der Waals surface area contributed by atoms with Gasteiger partial charge >= 0.3 is 0 Å². The maximum Gasteiger partial charge on any atom is 0.0900 e. The van der Waals surface area contributed by atoms with Crippen molar-refractivity contribution in [1.82, 2.24) is 15.0 Å². The summed E-state index contributed by atoms with van der Waals surface area (Å²) in [6.07, 6.45) is 5.54. The molecule has 1 atom stereocenters. The largest absolute Gasteiger partial charge is 0.255 e. The molecule has 0 amide bonds. The van der Waals surface area contributed by atoms with Crippen LogP contribution in [0.2, 0.25) is 0 Å². The lowest BCUT2D eigenvalue weighted by Crippen LogP contribution is -2.02. The Kier molecular flexibility index (Phi) is 8.89. The van der Waals surface area contributed by atoms with Gasteiger partial charge in [0.15, 0.2) is 0 Å². The highest BCUT2D eigenvalue weighted by Crippen LogP contribution is 2.36. The number of thiocarbonyl (C=S) groups is 1. The van der Waals surface area contributed by atoms with E-state index in [4.69, 9.17) is 17.2 Å². The molecule has 0 aliphatic heterocycles. The average Bonchev–Trinajstić information content (AvgIpc) is 3.08. The number of benzene rings is 3. The molecule has 206 valence electrons. The first kappa shape index (κ1) is 27.7. The van der Waals surface area contributed by atoms with Crippen LogP contribution in [0.4, 0.5) is 0 Å². The van der Waals surface area contributed by atoms with Gasteiger partial charge in [0.05, 0.1) is 27.0 Å². The summed E-state index contributed by atoms with van der Waals surface area (Å²) in [5.41, 5.74) is 9.27. The second-order valence-electron chi connectivity index (χ2n) is 9.96. The standard InChI is InChI=1S/C37H29N3S2.H2/c41-37(30-13-5-2-6-14-30)42-36(29-11-3-1-4-12-29)22-19-27-17-20-28(21-18-27)31-25-34(32-15-7-9-23-38-32)40-35(26-31)33-16-8-10-24-39-33;/h1-18,20-21,23-26,36H,19,22H2;1H. The zero-order chi connectivity index (χ0) is 28.6. The van der Waals surface area contributed by atoms with E-state index in [2.05, 4.69) is 88.8 Å². The fourth-order valence-electron chi connectivity index (χ4n) is 4.88. The molecule has 0 radical (unpaired) electrons. The highest BCUT2D eigenvalue weighted by molar-refractivity contribution is 8.23. The highest BCUT2D eigenvalue weighted by atomic mass is 32.2. The molecule has 6 rings (SSSR count). The van der Waals surface area contributed by atoms with Crippen molar-refractivity contribution in [2.45, 2.75) is 18.1 Å². The molecule has 6 aromatic rings. The maximum absolute atomic E-state index is 5.84. The van der Waals surface area contributed by atoms with E-state index in [1.807, 2.05) is 54.6 Å². The Morgan fingerprint density at radius 1 is 0.619 bits per heavy atom. The molecule has 0 fully saturated rings. The number of hydrogen-bond acceptors (Lipinski definition) is 5. The van der Waals surface area contributed by atoms with E-state index in [-0.39, 0.29) is 6.68 Å². The van der Waals surface area contributed by atoms with Crippen molar-refractivity contribution in [3.63, 3.8) is 0 Å². The maximum atomic E-state index is 5.84. The summed E-state index contributed by atoms with van der Waals surface area (Å²) >= 11 is 7.62. The zero-order valence-corrected chi connectivity index (χ0v) is 24.6. The zero-order valence-electron chi connectivity index (χ0n) is 23.0. The van der Waals surface area contributed by atoms with Crippen molar-refractivity contribution in [3.05, 3.63) is 163 Å². The van der Waals surface area contributed by atoms with Crippen LogP contribution in [-0.2, 0) is 6.42 Å². The molecule has 3 nitrogen and oxygen atoms in total. The van der Waals surface area contributed by atoms with Crippen LogP contribution in [0.25, 0.3) is 33.9 Å². The lowest BCUT2D eigenvalue weighted by Gasteiger charge is -2.18. The van der Waals surface area contributed by atoms with Gasteiger partial charge in [-0.25, -0.2) is 4.98 Å². The van der Waals surface area contributed by atoms with E-state index in [1.165, 1.54) is 11.1 Å². The molecule has 1 unspecified atom stereocenters. The summed E-state index contributed by atoms with van der Waals surface area (Å²) in [7, 11) is 0. The summed E-state index contributed by atoms with van der Waals surface area (Å²) in [5.74, 6) is 0. The third kappa shape index (κ3) is 6.88. The van der Waals surface area contributed by atoms with Crippen LogP contribution in [0.3, 0.4) is 0 Å². The van der Waals surface area contributed by atoms with Crippen LogP contribution in [0.5, 0.6) is 0 Å². The SMILES string of the molecule is S=C(SC(CCc1ccc(-c2cc(-c3ccccn3)nc(-c3ccccn3)c2)cc1)c1ccccc1)c1ccccc1.[HH]. The molecule has 0 saturated heterocycles. The average molecular weight is 582 g/mol. The minimum absolute atomic E-state index is 0. The highest BCUT2D eigenvalue weighted by Gasteiger charge is 2.16. The quantitative estimate of drug-likeness (QED) is 0.159. The normalized spacial score (nSPS) is 11.6. The van der Waals surface area contributed by atoms with Gasteiger partial charge in [-0.1, -0.05) is 109 Å². The van der Waals surface area contributed by atoms with Gasteiger partial charge in [0, 0.05) is 19.1 Å². The summed E-state index contributed by atoms with van der Waals surface area (Å²) in [5, 5.41) is 0.278. The lowest BCUT2D eigenvalue weighted by atomic mass is 9.99. The van der Waals surface area contributed by atoms with E-state index in [0.29, 0.717) is 0 Å². The molecular formula is C37H31N3S2. The number of nitrogens with zero attached hydrogens (tertiary/aromatic N) is 3. The smallest absolute Gasteiger partial charge is 0.0900 e. The predicted molar refractivity (Wildman–Crippen MR) is 181 cm³/mol. The van der Waals surface area contributed by atoms with Gasteiger partial charge in [-0.2, -0.15) is 0 Å². The fourth-order valence-corrected chi connectivity index (χ4v) is 6.43. The number of thioether (sulfide) groups is 1. The Hall–Kier alpha value is -4.45. The molecule has 0 aliphatic rings. The second-order valence-corrected chi connectivity index (χ2v) is 11.8. The van der Waals surface area contributed by atoms with E-state index in [1.54, 1.807) is 24.2 Å². The summed E-state index contributed by atoms with van der Waals surface area (Å²) in [6.45, 7) is 0. The minimum atomic E-state index is 0. The molecular weight excluding hydrogens is 551 g/mol. The Morgan fingerprint density at radius 2 is 1.19 bits per heavy atom. The van der Waals surface area contributed by atoms with Crippen LogP contribution in [0.15, 0.2) is 146 Å². The Bertz CT molecular complexity index is 1690. The number of rotatable bonds is 9. The third-order valence-electron chi connectivity index (χ3n) is 7.09. The molecule has 0 N–H and O–H groups in total. The molecule has 42 heavy (non-hydrogen) atoms. The van der Waals surface area contributed by atoms with Crippen molar-refractivity contribution in [1.29, 1.82) is 0 Å². The van der Waals surface area contributed by atoms with Gasteiger partial charge in [-0.15, -0.1) is 11.8 Å². The molecule has 3 heterocycles.